The van der Waals surface area contributed by atoms with Crippen molar-refractivity contribution in [2.75, 3.05) is 46.3 Å². The molecule has 0 amide bonds. The van der Waals surface area contributed by atoms with Gasteiger partial charge in [0, 0.05) is 32.2 Å². The van der Waals surface area contributed by atoms with Crippen molar-refractivity contribution in [1.29, 1.82) is 0 Å². The van der Waals surface area contributed by atoms with Crippen molar-refractivity contribution in [2.45, 2.75) is 18.9 Å². The molecule has 2 saturated heterocycles. The molecule has 3 fully saturated rings. The van der Waals surface area contributed by atoms with E-state index >= 15 is 0 Å². The number of nitrogens with zero attached hydrogens (tertiary/aromatic N) is 2. The third-order valence-electron chi connectivity index (χ3n) is 4.73. The monoisotopic (exact) mass is 209 g/mol. The van der Waals surface area contributed by atoms with Crippen LogP contribution in [-0.2, 0) is 0 Å². The van der Waals surface area contributed by atoms with Gasteiger partial charge in [-0.2, -0.15) is 0 Å². The molecule has 1 saturated carbocycles. The number of piperazine rings is 1. The normalized spacial score (nSPS) is 43.4. The SMILES string of the molecule is CN1CCN([C@@H]2CC[C@@H]3CNC[C@H]32)CC1. The van der Waals surface area contributed by atoms with Gasteiger partial charge < -0.3 is 10.2 Å². The molecule has 15 heavy (non-hydrogen) atoms. The Hall–Kier alpha value is -0.120. The first kappa shape index (κ1) is 10.1. The minimum absolute atomic E-state index is 0.902. The number of fused-ring (bicyclic) bond motifs is 1. The maximum atomic E-state index is 3.57. The maximum absolute atomic E-state index is 3.57. The average Bonchev–Trinajstić information content (AvgIpc) is 2.80. The molecule has 1 aliphatic carbocycles. The van der Waals surface area contributed by atoms with Crippen LogP contribution in [0.4, 0.5) is 0 Å². The first-order chi connectivity index (χ1) is 7.34. The zero-order valence-electron chi connectivity index (χ0n) is 9.78. The molecule has 3 atom stereocenters. The Bertz CT molecular complexity index is 223. The van der Waals surface area contributed by atoms with Crippen molar-refractivity contribution in [3.05, 3.63) is 0 Å². The predicted molar refractivity (Wildman–Crippen MR) is 61.9 cm³/mol. The van der Waals surface area contributed by atoms with Crippen LogP contribution in [-0.4, -0.2) is 62.2 Å². The minimum Gasteiger partial charge on any atom is -0.316 e. The van der Waals surface area contributed by atoms with Gasteiger partial charge in [-0.15, -0.1) is 0 Å². The fourth-order valence-electron chi connectivity index (χ4n) is 3.73. The van der Waals surface area contributed by atoms with Crippen LogP contribution in [0.5, 0.6) is 0 Å². The third kappa shape index (κ3) is 1.81. The second-order valence-corrected chi connectivity index (χ2v) is 5.57. The van der Waals surface area contributed by atoms with Crippen molar-refractivity contribution < 1.29 is 0 Å². The van der Waals surface area contributed by atoms with Crippen molar-refractivity contribution in [2.24, 2.45) is 11.8 Å². The van der Waals surface area contributed by atoms with Gasteiger partial charge >= 0.3 is 0 Å². The molecule has 3 aliphatic rings. The summed E-state index contributed by atoms with van der Waals surface area (Å²) in [5, 5.41) is 3.57. The average molecular weight is 209 g/mol. The molecule has 0 aromatic heterocycles. The van der Waals surface area contributed by atoms with Crippen molar-refractivity contribution in [3.8, 4) is 0 Å². The van der Waals surface area contributed by atoms with Crippen LogP contribution in [0, 0.1) is 11.8 Å². The molecule has 3 rings (SSSR count). The van der Waals surface area contributed by atoms with Crippen molar-refractivity contribution in [1.82, 2.24) is 15.1 Å². The predicted octanol–water partition coefficient (Wildman–Crippen LogP) is 0.232. The van der Waals surface area contributed by atoms with Gasteiger partial charge in [0.2, 0.25) is 0 Å². The van der Waals surface area contributed by atoms with E-state index in [1.54, 1.807) is 0 Å². The largest absolute Gasteiger partial charge is 0.316 e. The van der Waals surface area contributed by atoms with Gasteiger partial charge in [-0.05, 0) is 44.8 Å². The smallest absolute Gasteiger partial charge is 0.0140 e. The highest BCUT2D eigenvalue weighted by Gasteiger charge is 2.41. The van der Waals surface area contributed by atoms with Gasteiger partial charge in [0.15, 0.2) is 0 Å². The molecule has 1 N–H and O–H groups in total. The van der Waals surface area contributed by atoms with Crippen LogP contribution in [0.2, 0.25) is 0 Å². The summed E-state index contributed by atoms with van der Waals surface area (Å²) in [6.45, 7) is 7.69. The number of likely N-dealkylation sites (N-methyl/N-ethyl adjacent to an activating group) is 1. The lowest BCUT2D eigenvalue weighted by Gasteiger charge is -2.38. The first-order valence-corrected chi connectivity index (χ1v) is 6.48. The molecule has 3 heteroatoms. The number of rotatable bonds is 1. The highest BCUT2D eigenvalue weighted by molar-refractivity contribution is 4.97. The molecule has 2 heterocycles. The van der Waals surface area contributed by atoms with E-state index in [1.165, 1.54) is 52.1 Å². The Morgan fingerprint density at radius 3 is 2.60 bits per heavy atom. The summed E-state index contributed by atoms with van der Waals surface area (Å²) >= 11 is 0. The molecule has 0 bridgehead atoms. The van der Waals surface area contributed by atoms with Crippen LogP contribution < -0.4 is 5.32 Å². The maximum Gasteiger partial charge on any atom is 0.0140 e. The van der Waals surface area contributed by atoms with E-state index in [2.05, 4.69) is 22.2 Å². The van der Waals surface area contributed by atoms with E-state index in [0.717, 1.165) is 17.9 Å². The van der Waals surface area contributed by atoms with Gasteiger partial charge in [-0.3, -0.25) is 4.90 Å². The highest BCUT2D eigenvalue weighted by atomic mass is 15.3. The number of hydrogen-bond acceptors (Lipinski definition) is 3. The van der Waals surface area contributed by atoms with E-state index in [-0.39, 0.29) is 0 Å². The minimum atomic E-state index is 0.902. The second kappa shape index (κ2) is 4.04. The van der Waals surface area contributed by atoms with Crippen molar-refractivity contribution in [3.63, 3.8) is 0 Å². The van der Waals surface area contributed by atoms with Gasteiger partial charge in [0.25, 0.3) is 0 Å². The molecule has 0 radical (unpaired) electrons. The van der Waals surface area contributed by atoms with Crippen LogP contribution in [0.15, 0.2) is 0 Å². The Balaban J connectivity index is 1.62. The van der Waals surface area contributed by atoms with E-state index in [4.69, 9.17) is 0 Å². The summed E-state index contributed by atoms with van der Waals surface area (Å²) in [5.74, 6) is 1.96. The molecule has 3 nitrogen and oxygen atoms in total. The summed E-state index contributed by atoms with van der Waals surface area (Å²) in [4.78, 5) is 5.22. The second-order valence-electron chi connectivity index (χ2n) is 5.57. The Morgan fingerprint density at radius 1 is 1.00 bits per heavy atom. The fourth-order valence-corrected chi connectivity index (χ4v) is 3.73. The molecule has 0 aromatic rings. The standard InChI is InChI=1S/C12H23N3/c1-14-4-6-15(7-5-14)12-3-2-10-8-13-9-11(10)12/h10-13H,2-9H2,1H3/t10-,11-,12-/m1/s1. The van der Waals surface area contributed by atoms with E-state index in [0.29, 0.717) is 0 Å². The summed E-state index contributed by atoms with van der Waals surface area (Å²) < 4.78 is 0. The summed E-state index contributed by atoms with van der Waals surface area (Å²) in [5.41, 5.74) is 0. The number of hydrogen-bond donors (Lipinski definition) is 1. The molecule has 0 spiro atoms. The van der Waals surface area contributed by atoms with E-state index in [1.807, 2.05) is 0 Å². The van der Waals surface area contributed by atoms with Gasteiger partial charge in [-0.1, -0.05) is 0 Å². The topological polar surface area (TPSA) is 18.5 Å². The van der Waals surface area contributed by atoms with E-state index in [9.17, 15) is 0 Å². The van der Waals surface area contributed by atoms with Crippen LogP contribution in [0.3, 0.4) is 0 Å². The first-order valence-electron chi connectivity index (χ1n) is 6.48. The number of nitrogens with one attached hydrogen (secondary N) is 1. The zero-order chi connectivity index (χ0) is 10.3. The van der Waals surface area contributed by atoms with Crippen LogP contribution in [0.1, 0.15) is 12.8 Å². The van der Waals surface area contributed by atoms with E-state index < -0.39 is 0 Å². The van der Waals surface area contributed by atoms with Crippen LogP contribution in [0.25, 0.3) is 0 Å². The molecular weight excluding hydrogens is 186 g/mol. The van der Waals surface area contributed by atoms with Gasteiger partial charge in [-0.25, -0.2) is 0 Å². The van der Waals surface area contributed by atoms with Gasteiger partial charge in [0.1, 0.15) is 0 Å². The fraction of sp³-hybridized carbons (Fsp3) is 1.00. The van der Waals surface area contributed by atoms with Crippen LogP contribution >= 0.6 is 0 Å². The Kier molecular flexibility index (Phi) is 2.71. The zero-order valence-corrected chi connectivity index (χ0v) is 9.78. The lowest BCUT2D eigenvalue weighted by atomic mass is 9.96. The Labute approximate surface area is 92.8 Å². The summed E-state index contributed by atoms with van der Waals surface area (Å²) in [6.07, 6.45) is 2.93. The molecule has 0 unspecified atom stereocenters. The van der Waals surface area contributed by atoms with Gasteiger partial charge in [0.05, 0.1) is 0 Å². The molecule has 86 valence electrons. The Morgan fingerprint density at radius 2 is 1.80 bits per heavy atom. The quantitative estimate of drug-likeness (QED) is 0.667. The van der Waals surface area contributed by atoms with Crippen molar-refractivity contribution >= 4 is 0 Å². The summed E-state index contributed by atoms with van der Waals surface area (Å²) in [6, 6.07) is 0.902. The lowest BCUT2D eigenvalue weighted by Crippen LogP contribution is -2.50. The third-order valence-corrected chi connectivity index (χ3v) is 4.73. The summed E-state index contributed by atoms with van der Waals surface area (Å²) in [7, 11) is 2.24. The molecule has 0 aromatic carbocycles. The molecular formula is C12H23N3. The highest BCUT2D eigenvalue weighted by Crippen LogP contribution is 2.37. The lowest BCUT2D eigenvalue weighted by molar-refractivity contribution is 0.0920. The molecule has 2 aliphatic heterocycles.